The van der Waals surface area contributed by atoms with Crippen molar-refractivity contribution in [2.24, 2.45) is 22.9 Å². The van der Waals surface area contributed by atoms with Crippen LogP contribution in [0, 0.1) is 34.8 Å². The van der Waals surface area contributed by atoms with E-state index in [4.69, 9.17) is 9.97 Å². The maximum absolute atomic E-state index is 12.5. The van der Waals surface area contributed by atoms with Gasteiger partial charge in [0.05, 0.1) is 11.1 Å². The number of benzene rings is 3. The number of aryl methyl sites for hydroxylation is 1. The van der Waals surface area contributed by atoms with Crippen molar-refractivity contribution < 1.29 is 4.92 Å². The van der Waals surface area contributed by atoms with Gasteiger partial charge in [0, 0.05) is 62.3 Å². The molecule has 0 spiro atoms. The van der Waals surface area contributed by atoms with E-state index in [0.29, 0.717) is 46.8 Å². The van der Waals surface area contributed by atoms with E-state index >= 15 is 0 Å². The van der Waals surface area contributed by atoms with Crippen molar-refractivity contribution in [2.75, 3.05) is 64.7 Å². The Kier molecular flexibility index (Phi) is 11.3. The number of aromatic nitrogens is 3. The fourth-order valence-corrected chi connectivity index (χ4v) is 7.68. The molecule has 278 valence electrons. The number of rotatable bonds is 11. The Morgan fingerprint density at radius 1 is 0.774 bits per heavy atom. The molecule has 53 heavy (non-hydrogen) atoms. The Labute approximate surface area is 312 Å². The van der Waals surface area contributed by atoms with Gasteiger partial charge in [-0.05, 0) is 93.4 Å². The van der Waals surface area contributed by atoms with E-state index in [2.05, 4.69) is 86.6 Å². The Hall–Kier alpha value is -5.26. The van der Waals surface area contributed by atoms with E-state index in [0.717, 1.165) is 95.6 Å². The number of nitro groups is 1. The maximum Gasteiger partial charge on any atom is 0.293 e. The molecule has 0 amide bonds. The van der Waals surface area contributed by atoms with E-state index in [-0.39, 0.29) is 10.6 Å². The number of piperidine rings is 3. The van der Waals surface area contributed by atoms with Crippen molar-refractivity contribution in [2.45, 2.75) is 65.7 Å². The van der Waals surface area contributed by atoms with Crippen LogP contribution in [-0.2, 0) is 6.42 Å². The molecule has 2 N–H and O–H groups in total. The van der Waals surface area contributed by atoms with Crippen LogP contribution in [0.2, 0.25) is 0 Å². The largest absolute Gasteiger partial charge is 0.371 e. The Morgan fingerprint density at radius 2 is 1.38 bits per heavy atom. The lowest BCUT2D eigenvalue weighted by Crippen LogP contribution is -2.35. The molecule has 0 bridgehead atoms. The second-order valence-corrected chi connectivity index (χ2v) is 15.3. The molecule has 3 aliphatic rings. The molecule has 12 heteroatoms. The van der Waals surface area contributed by atoms with E-state index in [1.54, 1.807) is 12.3 Å². The third-order valence-corrected chi connectivity index (χ3v) is 11.1. The van der Waals surface area contributed by atoms with Crippen LogP contribution < -0.4 is 25.4 Å². The Bertz CT molecular complexity index is 1860. The molecular formula is C41H52N10O2. The first kappa shape index (κ1) is 36.1. The monoisotopic (exact) mass is 716 g/mol. The van der Waals surface area contributed by atoms with Crippen molar-refractivity contribution in [3.8, 4) is 0 Å². The van der Waals surface area contributed by atoms with Gasteiger partial charge >= 0.3 is 0 Å². The van der Waals surface area contributed by atoms with Crippen LogP contribution in [0.15, 0.2) is 71.8 Å². The predicted molar refractivity (Wildman–Crippen MR) is 215 cm³/mol. The molecule has 4 heterocycles. The molecule has 0 unspecified atom stereocenters. The fraction of sp³-hybridized carbons (Fsp3) is 0.463. The summed E-state index contributed by atoms with van der Waals surface area (Å²) in [5.74, 6) is 3.19. The molecule has 3 saturated heterocycles. The quantitative estimate of drug-likeness (QED) is 0.0891. The van der Waals surface area contributed by atoms with E-state index < -0.39 is 0 Å². The van der Waals surface area contributed by atoms with Gasteiger partial charge in [-0.25, -0.2) is 5.43 Å². The number of hydrogen-bond acceptors (Lipinski definition) is 11. The zero-order valence-corrected chi connectivity index (χ0v) is 31.2. The summed E-state index contributed by atoms with van der Waals surface area (Å²) < 4.78 is 0. The van der Waals surface area contributed by atoms with Crippen LogP contribution in [0.3, 0.4) is 0 Å². The minimum atomic E-state index is -0.259. The summed E-state index contributed by atoms with van der Waals surface area (Å²) in [7, 11) is 0. The molecule has 3 aromatic carbocycles. The Balaban J connectivity index is 1.15. The van der Waals surface area contributed by atoms with Crippen LogP contribution >= 0.6 is 0 Å². The molecular weight excluding hydrogens is 665 g/mol. The number of anilines is 6. The summed E-state index contributed by atoms with van der Waals surface area (Å²) in [5.41, 5.74) is 8.95. The number of nitrogens with zero attached hydrogens (tertiary/aromatic N) is 8. The Morgan fingerprint density at radius 3 is 2.02 bits per heavy atom. The zero-order chi connectivity index (χ0) is 36.7. The van der Waals surface area contributed by atoms with Gasteiger partial charge in [-0.2, -0.15) is 20.1 Å². The van der Waals surface area contributed by atoms with E-state index in [1.165, 1.54) is 11.1 Å². The van der Waals surface area contributed by atoms with Gasteiger partial charge in [0.2, 0.25) is 17.8 Å². The molecule has 4 aromatic rings. The molecule has 0 saturated carbocycles. The summed E-state index contributed by atoms with van der Waals surface area (Å²) in [6.07, 6.45) is 9.06. The first-order valence-corrected chi connectivity index (χ1v) is 19.3. The number of hydrazone groups is 1. The van der Waals surface area contributed by atoms with Crippen LogP contribution in [0.1, 0.15) is 69.1 Å². The predicted octanol–water partition coefficient (Wildman–Crippen LogP) is 8.21. The van der Waals surface area contributed by atoms with Crippen LogP contribution in [0.25, 0.3) is 0 Å². The lowest BCUT2D eigenvalue weighted by atomic mass is 9.90. The second kappa shape index (κ2) is 16.6. The summed E-state index contributed by atoms with van der Waals surface area (Å²) in [6, 6.07) is 22.5. The highest BCUT2D eigenvalue weighted by molar-refractivity contribution is 5.92. The average molecular weight is 717 g/mol. The minimum absolute atomic E-state index is 0.109. The molecule has 0 atom stereocenters. The zero-order valence-electron chi connectivity index (χ0n) is 31.2. The number of nitro benzene ring substituents is 1. The summed E-state index contributed by atoms with van der Waals surface area (Å²) >= 11 is 0. The number of hydrogen-bond donors (Lipinski definition) is 2. The fourth-order valence-electron chi connectivity index (χ4n) is 7.68. The SMILES string of the molecule is Cc1ccc(Nc2nc(N/N=C\c3cc([N+](=O)[O-])c(N4CCC(C)CC4)cc3N3CCC(C)CC3)nc(N3CCC(Cc4ccccc4)CC3)n2)cc1. The first-order chi connectivity index (χ1) is 25.8. The van der Waals surface area contributed by atoms with Crippen LogP contribution in [0.5, 0.6) is 0 Å². The molecule has 1 aromatic heterocycles. The van der Waals surface area contributed by atoms with Crippen molar-refractivity contribution in [3.63, 3.8) is 0 Å². The minimum Gasteiger partial charge on any atom is -0.371 e. The highest BCUT2D eigenvalue weighted by Gasteiger charge is 2.28. The van der Waals surface area contributed by atoms with Gasteiger partial charge in [-0.3, -0.25) is 10.1 Å². The summed E-state index contributed by atoms with van der Waals surface area (Å²) in [5, 5.41) is 20.4. The van der Waals surface area contributed by atoms with Crippen molar-refractivity contribution in [1.82, 2.24) is 15.0 Å². The van der Waals surface area contributed by atoms with Gasteiger partial charge in [-0.15, -0.1) is 0 Å². The van der Waals surface area contributed by atoms with Crippen molar-refractivity contribution in [1.29, 1.82) is 0 Å². The topological polar surface area (TPSA) is 128 Å². The summed E-state index contributed by atoms with van der Waals surface area (Å²) in [4.78, 5) is 33.3. The van der Waals surface area contributed by atoms with Crippen molar-refractivity contribution >= 4 is 46.8 Å². The molecule has 3 fully saturated rings. The molecule has 0 aliphatic carbocycles. The van der Waals surface area contributed by atoms with Crippen LogP contribution in [0.4, 0.5) is 40.6 Å². The van der Waals surface area contributed by atoms with Gasteiger partial charge in [-0.1, -0.05) is 61.9 Å². The first-order valence-electron chi connectivity index (χ1n) is 19.3. The van der Waals surface area contributed by atoms with E-state index in [9.17, 15) is 10.1 Å². The normalized spacial score (nSPS) is 17.8. The lowest BCUT2D eigenvalue weighted by molar-refractivity contribution is -0.384. The highest BCUT2D eigenvalue weighted by Crippen LogP contribution is 2.38. The highest BCUT2D eigenvalue weighted by atomic mass is 16.6. The van der Waals surface area contributed by atoms with Crippen molar-refractivity contribution in [3.05, 3.63) is 93.5 Å². The molecule has 0 radical (unpaired) electrons. The van der Waals surface area contributed by atoms with Crippen LogP contribution in [-0.4, -0.2) is 65.4 Å². The standard InChI is InChI=1S/C41H52N10O2/c1-29-9-11-35(12-10-29)43-39-44-40(46-41(45-39)50-23-17-33(18-24-50)25-32-7-5-4-6-8-32)47-42-28-34-26-38(51(52)53)37(49-21-15-31(3)16-22-49)27-36(34)48-19-13-30(2)14-20-48/h4-12,26-28,30-31,33H,13-25H2,1-3H3,(H2,43,44,45,46,47)/b42-28-. The molecule has 12 nitrogen and oxygen atoms in total. The van der Waals surface area contributed by atoms with Gasteiger partial charge in [0.1, 0.15) is 5.69 Å². The molecule has 7 rings (SSSR count). The third-order valence-electron chi connectivity index (χ3n) is 11.1. The third kappa shape index (κ3) is 9.22. The average Bonchev–Trinajstić information content (AvgIpc) is 3.17. The van der Waals surface area contributed by atoms with Gasteiger partial charge < -0.3 is 20.0 Å². The molecule has 3 aliphatic heterocycles. The smallest absolute Gasteiger partial charge is 0.293 e. The van der Waals surface area contributed by atoms with Gasteiger partial charge in [0.25, 0.3) is 5.69 Å². The van der Waals surface area contributed by atoms with E-state index in [1.807, 2.05) is 30.3 Å². The second-order valence-electron chi connectivity index (χ2n) is 15.3. The van der Waals surface area contributed by atoms with Gasteiger partial charge in [0.15, 0.2) is 0 Å². The number of nitrogens with one attached hydrogen (secondary N) is 2. The summed E-state index contributed by atoms with van der Waals surface area (Å²) in [6.45, 7) is 11.7. The maximum atomic E-state index is 12.5. The lowest BCUT2D eigenvalue weighted by Gasteiger charge is -2.35.